The third-order valence-electron chi connectivity index (χ3n) is 2.01. The zero-order valence-corrected chi connectivity index (χ0v) is 11.0. The van der Waals surface area contributed by atoms with Gasteiger partial charge in [-0.1, -0.05) is 15.9 Å². The Morgan fingerprint density at radius 2 is 2.06 bits per heavy atom. The molecule has 1 N–H and O–H groups in total. The van der Waals surface area contributed by atoms with E-state index < -0.39 is 0 Å². The number of nitrogens with one attached hydrogen (secondary N) is 1. The minimum absolute atomic E-state index is 0.526. The Bertz CT molecular complexity index is 320. The first-order chi connectivity index (χ1) is 7.77. The van der Waals surface area contributed by atoms with E-state index in [0.717, 1.165) is 15.8 Å². The molecule has 0 heterocycles. The first-order valence-corrected chi connectivity index (χ1v) is 5.73. The molecule has 0 amide bonds. The lowest BCUT2D eigenvalue weighted by molar-refractivity contribution is 0.00337. The lowest BCUT2D eigenvalue weighted by Gasteiger charge is -2.08. The molecule has 0 unspecified atom stereocenters. The van der Waals surface area contributed by atoms with Crippen LogP contribution in [-0.2, 0) is 16.1 Å². The average molecular weight is 290 g/mol. The Kier molecular flexibility index (Phi) is 6.40. The summed E-state index contributed by atoms with van der Waals surface area (Å²) in [5.74, 6) is 0.830. The van der Waals surface area contributed by atoms with Crippen LogP contribution >= 0.6 is 15.9 Å². The molecule has 5 heteroatoms. The van der Waals surface area contributed by atoms with Gasteiger partial charge in [-0.05, 0) is 23.8 Å². The van der Waals surface area contributed by atoms with Gasteiger partial charge in [-0.15, -0.1) is 0 Å². The monoisotopic (exact) mass is 289 g/mol. The summed E-state index contributed by atoms with van der Waals surface area (Å²) >= 11 is 3.47. The highest BCUT2D eigenvalue weighted by atomic mass is 79.9. The largest absolute Gasteiger partial charge is 0.497 e. The molecular weight excluding hydrogens is 274 g/mol. The Morgan fingerprint density at radius 1 is 1.25 bits per heavy atom. The van der Waals surface area contributed by atoms with Crippen molar-refractivity contribution in [2.45, 2.75) is 6.54 Å². The van der Waals surface area contributed by atoms with Gasteiger partial charge in [0.2, 0.25) is 0 Å². The van der Waals surface area contributed by atoms with Crippen LogP contribution in [0.5, 0.6) is 5.75 Å². The van der Waals surface area contributed by atoms with E-state index in [9.17, 15) is 0 Å². The SMILES string of the molecule is COCCONCc1cc(OC)ccc1Br. The van der Waals surface area contributed by atoms with Crippen LogP contribution in [0.4, 0.5) is 0 Å². The lowest BCUT2D eigenvalue weighted by Crippen LogP contribution is -2.17. The molecule has 0 aromatic heterocycles. The van der Waals surface area contributed by atoms with Gasteiger partial charge >= 0.3 is 0 Å². The van der Waals surface area contributed by atoms with Gasteiger partial charge in [-0.3, -0.25) is 4.84 Å². The summed E-state index contributed by atoms with van der Waals surface area (Å²) in [6.07, 6.45) is 0. The predicted molar refractivity (Wildman–Crippen MR) is 65.4 cm³/mol. The topological polar surface area (TPSA) is 39.7 Å². The maximum Gasteiger partial charge on any atom is 0.119 e. The number of hydrogen-bond donors (Lipinski definition) is 1. The zero-order chi connectivity index (χ0) is 11.8. The number of methoxy groups -OCH3 is 2. The van der Waals surface area contributed by atoms with Crippen molar-refractivity contribution in [2.75, 3.05) is 27.4 Å². The van der Waals surface area contributed by atoms with Crippen molar-refractivity contribution in [2.24, 2.45) is 0 Å². The van der Waals surface area contributed by atoms with Crippen LogP contribution in [0.3, 0.4) is 0 Å². The summed E-state index contributed by atoms with van der Waals surface area (Å²) in [5, 5.41) is 0. The average Bonchev–Trinajstić information content (AvgIpc) is 2.31. The Labute approximate surface area is 104 Å². The first-order valence-electron chi connectivity index (χ1n) is 4.94. The number of rotatable bonds is 7. The molecule has 0 aliphatic carbocycles. The van der Waals surface area contributed by atoms with Crippen molar-refractivity contribution in [1.82, 2.24) is 5.48 Å². The van der Waals surface area contributed by atoms with Gasteiger partial charge in [0.15, 0.2) is 0 Å². The van der Waals surface area contributed by atoms with Crippen molar-refractivity contribution in [3.8, 4) is 5.75 Å². The van der Waals surface area contributed by atoms with E-state index in [-0.39, 0.29) is 0 Å². The molecule has 0 spiro atoms. The summed E-state index contributed by atoms with van der Waals surface area (Å²) < 4.78 is 11.0. The number of hydroxylamine groups is 1. The molecule has 0 radical (unpaired) electrons. The maximum absolute atomic E-state index is 5.17. The van der Waals surface area contributed by atoms with Crippen LogP contribution in [0.25, 0.3) is 0 Å². The van der Waals surface area contributed by atoms with E-state index in [1.807, 2.05) is 18.2 Å². The number of ether oxygens (including phenoxy) is 2. The van der Waals surface area contributed by atoms with E-state index in [4.69, 9.17) is 14.3 Å². The molecule has 0 atom stereocenters. The predicted octanol–water partition coefficient (Wildman–Crippen LogP) is 2.13. The summed E-state index contributed by atoms with van der Waals surface area (Å²) in [5.41, 5.74) is 3.94. The van der Waals surface area contributed by atoms with E-state index in [1.54, 1.807) is 14.2 Å². The summed E-state index contributed by atoms with van der Waals surface area (Å²) in [6.45, 7) is 1.71. The van der Waals surface area contributed by atoms with Crippen LogP contribution in [0.2, 0.25) is 0 Å². The van der Waals surface area contributed by atoms with Crippen molar-refractivity contribution in [3.63, 3.8) is 0 Å². The Morgan fingerprint density at radius 3 is 2.75 bits per heavy atom. The molecule has 90 valence electrons. The van der Waals surface area contributed by atoms with E-state index >= 15 is 0 Å². The third-order valence-corrected chi connectivity index (χ3v) is 2.78. The van der Waals surface area contributed by atoms with Gasteiger partial charge in [0.25, 0.3) is 0 Å². The second-order valence-electron chi connectivity index (χ2n) is 3.12. The smallest absolute Gasteiger partial charge is 0.119 e. The molecule has 1 aromatic carbocycles. The van der Waals surface area contributed by atoms with Gasteiger partial charge in [0.05, 0.1) is 20.3 Å². The highest BCUT2D eigenvalue weighted by Gasteiger charge is 2.01. The van der Waals surface area contributed by atoms with Crippen molar-refractivity contribution in [3.05, 3.63) is 28.2 Å². The summed E-state index contributed by atoms with van der Waals surface area (Å²) in [7, 11) is 3.29. The summed E-state index contributed by atoms with van der Waals surface area (Å²) in [4.78, 5) is 5.17. The highest BCUT2D eigenvalue weighted by Crippen LogP contribution is 2.22. The molecule has 1 rings (SSSR count). The van der Waals surface area contributed by atoms with Crippen LogP contribution in [0.1, 0.15) is 5.56 Å². The maximum atomic E-state index is 5.17. The van der Waals surface area contributed by atoms with E-state index in [1.165, 1.54) is 0 Å². The van der Waals surface area contributed by atoms with E-state index in [0.29, 0.717) is 19.8 Å². The van der Waals surface area contributed by atoms with Crippen LogP contribution < -0.4 is 10.2 Å². The first kappa shape index (κ1) is 13.4. The molecule has 1 aromatic rings. The number of benzene rings is 1. The Hall–Kier alpha value is -0.620. The van der Waals surface area contributed by atoms with Crippen LogP contribution in [-0.4, -0.2) is 27.4 Å². The molecule has 0 aliphatic rings. The van der Waals surface area contributed by atoms with Crippen LogP contribution in [0.15, 0.2) is 22.7 Å². The molecule has 0 saturated heterocycles. The minimum Gasteiger partial charge on any atom is -0.497 e. The minimum atomic E-state index is 0.526. The molecule has 0 fully saturated rings. The van der Waals surface area contributed by atoms with E-state index in [2.05, 4.69) is 21.4 Å². The van der Waals surface area contributed by atoms with Gasteiger partial charge in [-0.2, -0.15) is 5.48 Å². The second-order valence-corrected chi connectivity index (χ2v) is 3.97. The second kappa shape index (κ2) is 7.62. The highest BCUT2D eigenvalue weighted by molar-refractivity contribution is 9.10. The quantitative estimate of drug-likeness (QED) is 0.617. The van der Waals surface area contributed by atoms with Gasteiger partial charge in [0, 0.05) is 18.1 Å². The molecular formula is C11H16BrNO3. The molecule has 0 bridgehead atoms. The summed E-state index contributed by atoms with van der Waals surface area (Å²) in [6, 6.07) is 5.81. The number of halogens is 1. The van der Waals surface area contributed by atoms with Crippen molar-refractivity contribution < 1.29 is 14.3 Å². The fraction of sp³-hybridized carbons (Fsp3) is 0.455. The standard InChI is InChI=1S/C11H16BrNO3/c1-14-5-6-16-13-8-9-7-10(15-2)3-4-11(9)12/h3-4,7,13H,5-6,8H2,1-2H3. The molecule has 0 saturated carbocycles. The Balaban J connectivity index is 2.40. The zero-order valence-electron chi connectivity index (χ0n) is 9.46. The van der Waals surface area contributed by atoms with Gasteiger partial charge in [-0.25, -0.2) is 0 Å². The normalized spacial score (nSPS) is 10.4. The molecule has 0 aliphatic heterocycles. The van der Waals surface area contributed by atoms with Crippen LogP contribution in [0, 0.1) is 0 Å². The fourth-order valence-electron chi connectivity index (χ4n) is 1.14. The number of hydrogen-bond acceptors (Lipinski definition) is 4. The fourth-order valence-corrected chi connectivity index (χ4v) is 1.53. The van der Waals surface area contributed by atoms with Gasteiger partial charge < -0.3 is 9.47 Å². The molecule has 16 heavy (non-hydrogen) atoms. The molecule has 4 nitrogen and oxygen atoms in total. The van der Waals surface area contributed by atoms with Crippen molar-refractivity contribution in [1.29, 1.82) is 0 Å². The third kappa shape index (κ3) is 4.49. The van der Waals surface area contributed by atoms with Crippen molar-refractivity contribution >= 4 is 15.9 Å². The van der Waals surface area contributed by atoms with Gasteiger partial charge in [0.1, 0.15) is 5.75 Å². The lowest BCUT2D eigenvalue weighted by atomic mass is 10.2.